The molecule has 1 aromatic carbocycles. The van der Waals surface area contributed by atoms with Gasteiger partial charge in [-0.2, -0.15) is 0 Å². The van der Waals surface area contributed by atoms with Gasteiger partial charge in [0.25, 0.3) is 0 Å². The zero-order chi connectivity index (χ0) is 11.5. The van der Waals surface area contributed by atoms with Gasteiger partial charge in [0, 0.05) is 6.07 Å². The Labute approximate surface area is 86.5 Å². The molecule has 1 unspecified atom stereocenters. The van der Waals surface area contributed by atoms with Crippen molar-refractivity contribution in [2.45, 2.75) is 12.5 Å². The lowest BCUT2D eigenvalue weighted by atomic mass is 10.1. The van der Waals surface area contributed by atoms with Crippen molar-refractivity contribution in [3.8, 4) is 5.75 Å². The van der Waals surface area contributed by atoms with E-state index in [0.29, 0.717) is 0 Å². The van der Waals surface area contributed by atoms with Gasteiger partial charge in [-0.3, -0.25) is 0 Å². The van der Waals surface area contributed by atoms with Gasteiger partial charge in [-0.25, -0.2) is 8.78 Å². The van der Waals surface area contributed by atoms with Crippen molar-refractivity contribution in [1.82, 2.24) is 0 Å². The zero-order valence-electron chi connectivity index (χ0n) is 8.34. The Morgan fingerprint density at radius 2 is 2.13 bits per heavy atom. The molecule has 0 saturated carbocycles. The molecule has 0 aliphatic heterocycles. The SMILES string of the molecule is CC(N)(CO)COc1cc(F)ccc1F. The lowest BCUT2D eigenvalue weighted by Gasteiger charge is -2.21. The summed E-state index contributed by atoms with van der Waals surface area (Å²) in [5.41, 5.74) is 4.59. The van der Waals surface area contributed by atoms with E-state index >= 15 is 0 Å². The van der Waals surface area contributed by atoms with Crippen LogP contribution in [0.25, 0.3) is 0 Å². The summed E-state index contributed by atoms with van der Waals surface area (Å²) in [4.78, 5) is 0. The van der Waals surface area contributed by atoms with Crippen molar-refractivity contribution in [3.05, 3.63) is 29.8 Å². The second-order valence-electron chi connectivity index (χ2n) is 3.68. The Bertz CT molecular complexity index is 342. The average Bonchev–Trinajstić information content (AvgIpc) is 2.20. The number of nitrogens with two attached hydrogens (primary N) is 1. The molecule has 0 bridgehead atoms. The Hall–Kier alpha value is -1.20. The summed E-state index contributed by atoms with van der Waals surface area (Å²) in [5.74, 6) is -1.46. The predicted octanol–water partition coefficient (Wildman–Crippen LogP) is 1.05. The topological polar surface area (TPSA) is 55.5 Å². The van der Waals surface area contributed by atoms with Gasteiger partial charge in [0.05, 0.1) is 12.1 Å². The molecule has 0 aliphatic rings. The molecule has 0 aliphatic carbocycles. The minimum atomic E-state index is -0.973. The number of rotatable bonds is 4. The third-order valence-electron chi connectivity index (χ3n) is 1.81. The molecule has 15 heavy (non-hydrogen) atoms. The fourth-order valence-electron chi connectivity index (χ4n) is 0.876. The first-order valence-corrected chi connectivity index (χ1v) is 4.42. The van der Waals surface area contributed by atoms with E-state index in [1.165, 1.54) is 0 Å². The van der Waals surface area contributed by atoms with Gasteiger partial charge < -0.3 is 15.6 Å². The molecular weight excluding hydrogens is 204 g/mol. The number of hydrogen-bond acceptors (Lipinski definition) is 3. The highest BCUT2D eigenvalue weighted by molar-refractivity contribution is 5.25. The van der Waals surface area contributed by atoms with E-state index in [4.69, 9.17) is 15.6 Å². The van der Waals surface area contributed by atoms with Crippen molar-refractivity contribution in [2.75, 3.05) is 13.2 Å². The summed E-state index contributed by atoms with van der Waals surface area (Å²) in [6.07, 6.45) is 0. The van der Waals surface area contributed by atoms with E-state index in [0.717, 1.165) is 18.2 Å². The van der Waals surface area contributed by atoms with Crippen LogP contribution in [0.4, 0.5) is 8.78 Å². The Morgan fingerprint density at radius 3 is 2.73 bits per heavy atom. The first-order valence-electron chi connectivity index (χ1n) is 4.42. The van der Waals surface area contributed by atoms with E-state index in [9.17, 15) is 8.78 Å². The Kier molecular flexibility index (Phi) is 3.60. The Balaban J connectivity index is 2.69. The van der Waals surface area contributed by atoms with E-state index in [-0.39, 0.29) is 19.0 Å². The van der Waals surface area contributed by atoms with Crippen molar-refractivity contribution < 1.29 is 18.6 Å². The number of ether oxygens (including phenoxy) is 1. The van der Waals surface area contributed by atoms with Gasteiger partial charge >= 0.3 is 0 Å². The molecule has 0 fully saturated rings. The van der Waals surface area contributed by atoms with Gasteiger partial charge in [0.1, 0.15) is 12.4 Å². The van der Waals surface area contributed by atoms with Gasteiger partial charge in [-0.15, -0.1) is 0 Å². The van der Waals surface area contributed by atoms with Crippen LogP contribution in [-0.2, 0) is 0 Å². The molecule has 0 heterocycles. The van der Waals surface area contributed by atoms with Crippen LogP contribution < -0.4 is 10.5 Å². The maximum atomic E-state index is 13.1. The van der Waals surface area contributed by atoms with Crippen LogP contribution in [0.5, 0.6) is 5.75 Å². The van der Waals surface area contributed by atoms with Crippen LogP contribution in [0.1, 0.15) is 6.92 Å². The summed E-state index contributed by atoms with van der Waals surface area (Å²) < 4.78 is 30.7. The molecule has 84 valence electrons. The minimum absolute atomic E-state index is 0.0934. The van der Waals surface area contributed by atoms with Crippen LogP contribution >= 0.6 is 0 Å². The molecule has 0 aromatic heterocycles. The van der Waals surface area contributed by atoms with E-state index in [2.05, 4.69) is 0 Å². The molecule has 5 heteroatoms. The van der Waals surface area contributed by atoms with E-state index in [1.807, 2.05) is 0 Å². The lowest BCUT2D eigenvalue weighted by molar-refractivity contribution is 0.143. The number of aliphatic hydroxyl groups excluding tert-OH is 1. The highest BCUT2D eigenvalue weighted by Crippen LogP contribution is 2.18. The molecule has 1 atom stereocenters. The van der Waals surface area contributed by atoms with Gasteiger partial charge in [-0.1, -0.05) is 0 Å². The maximum absolute atomic E-state index is 13.1. The smallest absolute Gasteiger partial charge is 0.165 e. The fourth-order valence-corrected chi connectivity index (χ4v) is 0.876. The number of halogens is 2. The van der Waals surface area contributed by atoms with Crippen molar-refractivity contribution in [3.63, 3.8) is 0 Å². The van der Waals surface area contributed by atoms with Crippen LogP contribution in [0.15, 0.2) is 18.2 Å². The van der Waals surface area contributed by atoms with E-state index < -0.39 is 17.2 Å². The van der Waals surface area contributed by atoms with Crippen molar-refractivity contribution in [2.24, 2.45) is 5.73 Å². The fraction of sp³-hybridized carbons (Fsp3) is 0.400. The summed E-state index contributed by atoms with van der Waals surface area (Å²) in [6.45, 7) is 1.15. The molecule has 3 nitrogen and oxygen atoms in total. The molecule has 1 aromatic rings. The quantitative estimate of drug-likeness (QED) is 0.792. The molecule has 0 saturated heterocycles. The zero-order valence-corrected chi connectivity index (χ0v) is 8.34. The standard InChI is InChI=1S/C10H13F2NO2/c1-10(13,5-14)6-15-9-4-7(11)2-3-8(9)12/h2-4,14H,5-6,13H2,1H3. The predicted molar refractivity (Wildman–Crippen MR) is 51.5 cm³/mol. The second-order valence-corrected chi connectivity index (χ2v) is 3.68. The lowest BCUT2D eigenvalue weighted by Crippen LogP contribution is -2.46. The minimum Gasteiger partial charge on any atom is -0.488 e. The first-order chi connectivity index (χ1) is 6.94. The molecule has 0 radical (unpaired) electrons. The summed E-state index contributed by atoms with van der Waals surface area (Å²) in [6, 6.07) is 2.90. The second kappa shape index (κ2) is 4.55. The largest absolute Gasteiger partial charge is 0.488 e. The molecule has 1 rings (SSSR count). The summed E-state index contributed by atoms with van der Waals surface area (Å²) >= 11 is 0. The molecule has 3 N–H and O–H groups in total. The highest BCUT2D eigenvalue weighted by atomic mass is 19.1. The van der Waals surface area contributed by atoms with Gasteiger partial charge in [0.15, 0.2) is 11.6 Å². The summed E-state index contributed by atoms with van der Waals surface area (Å²) in [7, 11) is 0. The first kappa shape index (κ1) is 11.9. The third-order valence-corrected chi connectivity index (χ3v) is 1.81. The van der Waals surface area contributed by atoms with Crippen LogP contribution in [0.2, 0.25) is 0 Å². The molecular formula is C10H13F2NO2. The van der Waals surface area contributed by atoms with Crippen molar-refractivity contribution >= 4 is 0 Å². The number of hydrogen-bond donors (Lipinski definition) is 2. The maximum Gasteiger partial charge on any atom is 0.165 e. The Morgan fingerprint density at radius 1 is 1.47 bits per heavy atom. The monoisotopic (exact) mass is 217 g/mol. The van der Waals surface area contributed by atoms with E-state index in [1.54, 1.807) is 6.92 Å². The number of aliphatic hydroxyl groups is 1. The van der Waals surface area contributed by atoms with Gasteiger partial charge in [0.2, 0.25) is 0 Å². The van der Waals surface area contributed by atoms with Crippen LogP contribution in [-0.4, -0.2) is 23.9 Å². The third kappa shape index (κ3) is 3.45. The van der Waals surface area contributed by atoms with Crippen LogP contribution in [0.3, 0.4) is 0 Å². The molecule has 0 spiro atoms. The van der Waals surface area contributed by atoms with Crippen LogP contribution in [0, 0.1) is 11.6 Å². The molecule has 0 amide bonds. The normalized spacial score (nSPS) is 14.7. The number of benzene rings is 1. The highest BCUT2D eigenvalue weighted by Gasteiger charge is 2.19. The average molecular weight is 217 g/mol. The van der Waals surface area contributed by atoms with Crippen molar-refractivity contribution in [1.29, 1.82) is 0 Å². The summed E-state index contributed by atoms with van der Waals surface area (Å²) in [5, 5.41) is 8.82. The van der Waals surface area contributed by atoms with Gasteiger partial charge in [-0.05, 0) is 19.1 Å².